The van der Waals surface area contributed by atoms with E-state index in [1.54, 1.807) is 11.0 Å². The molecule has 106 valence electrons. The van der Waals surface area contributed by atoms with Crippen LogP contribution in [0.15, 0.2) is 16.2 Å². The van der Waals surface area contributed by atoms with E-state index in [-0.39, 0.29) is 12.2 Å². The van der Waals surface area contributed by atoms with Gasteiger partial charge in [0.25, 0.3) is 5.56 Å². The highest BCUT2D eigenvalue weighted by Crippen LogP contribution is 2.15. The van der Waals surface area contributed by atoms with Gasteiger partial charge in [-0.25, -0.2) is 4.98 Å². The van der Waals surface area contributed by atoms with Crippen LogP contribution in [-0.4, -0.2) is 51.7 Å². The molecular formula is C12H13N3O4S. The fourth-order valence-corrected chi connectivity index (χ4v) is 2.97. The van der Waals surface area contributed by atoms with Gasteiger partial charge >= 0.3 is 5.97 Å². The molecule has 0 radical (unpaired) electrons. The maximum absolute atomic E-state index is 11.9. The Morgan fingerprint density at radius 2 is 2.50 bits per heavy atom. The quantitative estimate of drug-likeness (QED) is 0.844. The molecule has 0 bridgehead atoms. The number of hydrogen-bond acceptors (Lipinski definition) is 6. The number of fused-ring (bicyclic) bond motifs is 1. The van der Waals surface area contributed by atoms with E-state index in [9.17, 15) is 9.59 Å². The van der Waals surface area contributed by atoms with Gasteiger partial charge in [0.15, 0.2) is 0 Å². The Morgan fingerprint density at radius 3 is 3.30 bits per heavy atom. The molecule has 0 spiro atoms. The van der Waals surface area contributed by atoms with Crippen molar-refractivity contribution in [3.05, 3.63) is 27.6 Å². The Labute approximate surface area is 117 Å². The summed E-state index contributed by atoms with van der Waals surface area (Å²) in [7, 11) is 0. The minimum atomic E-state index is -0.927. The van der Waals surface area contributed by atoms with Crippen LogP contribution in [0.2, 0.25) is 0 Å². The summed E-state index contributed by atoms with van der Waals surface area (Å²) in [6.07, 6.45) is 0. The van der Waals surface area contributed by atoms with Crippen molar-refractivity contribution in [1.82, 2.24) is 14.9 Å². The van der Waals surface area contributed by atoms with E-state index < -0.39 is 12.0 Å². The van der Waals surface area contributed by atoms with Crippen molar-refractivity contribution < 1.29 is 14.6 Å². The number of H-pyrrole nitrogens is 1. The van der Waals surface area contributed by atoms with Gasteiger partial charge in [0, 0.05) is 6.54 Å². The second-order valence-corrected chi connectivity index (χ2v) is 5.46. The van der Waals surface area contributed by atoms with Crippen molar-refractivity contribution in [2.75, 3.05) is 19.8 Å². The number of carbonyl (C=O) groups is 1. The average Bonchev–Trinajstić information content (AvgIpc) is 2.88. The normalized spacial score (nSPS) is 20.3. The fraction of sp³-hybridized carbons (Fsp3) is 0.417. The summed E-state index contributed by atoms with van der Waals surface area (Å²) in [6, 6.07) is 1.08. The number of carboxylic acid groups (broad SMARTS) is 1. The fourth-order valence-electron chi connectivity index (χ4n) is 2.24. The monoisotopic (exact) mass is 295 g/mol. The minimum Gasteiger partial charge on any atom is -0.480 e. The molecule has 1 aliphatic rings. The number of aliphatic carboxylic acids is 1. The number of aromatic amines is 1. The van der Waals surface area contributed by atoms with E-state index in [2.05, 4.69) is 9.97 Å². The van der Waals surface area contributed by atoms with E-state index in [1.807, 2.05) is 5.38 Å². The van der Waals surface area contributed by atoms with Gasteiger partial charge in [0.1, 0.15) is 16.6 Å². The van der Waals surface area contributed by atoms with E-state index >= 15 is 0 Å². The molecule has 0 amide bonds. The van der Waals surface area contributed by atoms with E-state index in [0.29, 0.717) is 35.7 Å². The summed E-state index contributed by atoms with van der Waals surface area (Å²) in [4.78, 5) is 31.9. The van der Waals surface area contributed by atoms with Crippen molar-refractivity contribution in [2.24, 2.45) is 0 Å². The lowest BCUT2D eigenvalue weighted by atomic mass is 10.2. The van der Waals surface area contributed by atoms with Crippen LogP contribution < -0.4 is 5.56 Å². The van der Waals surface area contributed by atoms with E-state index in [0.717, 1.165) is 0 Å². The molecule has 1 aliphatic heterocycles. The number of nitrogens with zero attached hydrogens (tertiary/aromatic N) is 2. The zero-order valence-electron chi connectivity index (χ0n) is 10.5. The molecule has 1 saturated heterocycles. The van der Waals surface area contributed by atoms with Crippen LogP contribution >= 0.6 is 11.3 Å². The van der Waals surface area contributed by atoms with Gasteiger partial charge in [-0.15, -0.1) is 11.3 Å². The van der Waals surface area contributed by atoms with Crippen LogP contribution in [0, 0.1) is 0 Å². The standard InChI is InChI=1S/C12H13N3O4S/c16-11-10-7(1-4-20-10)13-9(14-11)5-15-2-3-19-6-8(15)12(17)18/h1,4,8H,2-3,5-6H2,(H,17,18)(H,13,14,16). The Bertz CT molecular complexity index is 695. The first-order chi connectivity index (χ1) is 9.65. The lowest BCUT2D eigenvalue weighted by molar-refractivity contribution is -0.150. The number of ether oxygens (including phenoxy) is 1. The van der Waals surface area contributed by atoms with Crippen molar-refractivity contribution in [3.8, 4) is 0 Å². The second-order valence-electron chi connectivity index (χ2n) is 4.55. The topological polar surface area (TPSA) is 95.5 Å². The lowest BCUT2D eigenvalue weighted by Crippen LogP contribution is -2.49. The average molecular weight is 295 g/mol. The number of aromatic nitrogens is 2. The molecule has 0 saturated carbocycles. The van der Waals surface area contributed by atoms with Gasteiger partial charge in [-0.2, -0.15) is 0 Å². The minimum absolute atomic E-state index is 0.153. The molecule has 8 heteroatoms. The summed E-state index contributed by atoms with van der Waals surface area (Å²) in [6.45, 7) is 1.43. The first-order valence-electron chi connectivity index (χ1n) is 6.16. The summed E-state index contributed by atoms with van der Waals surface area (Å²) in [5.74, 6) is -0.447. The molecule has 1 atom stereocenters. The first kappa shape index (κ1) is 13.2. The summed E-state index contributed by atoms with van der Waals surface area (Å²) < 4.78 is 5.77. The van der Waals surface area contributed by atoms with Crippen molar-refractivity contribution in [2.45, 2.75) is 12.6 Å². The maximum Gasteiger partial charge on any atom is 0.323 e. The predicted octanol–water partition coefficient (Wildman–Crippen LogP) is 0.270. The van der Waals surface area contributed by atoms with Crippen molar-refractivity contribution in [3.63, 3.8) is 0 Å². The zero-order valence-corrected chi connectivity index (χ0v) is 11.4. The highest BCUT2D eigenvalue weighted by molar-refractivity contribution is 7.17. The molecule has 0 aliphatic carbocycles. The van der Waals surface area contributed by atoms with Crippen LogP contribution in [0.25, 0.3) is 10.2 Å². The first-order valence-corrected chi connectivity index (χ1v) is 7.04. The van der Waals surface area contributed by atoms with Gasteiger partial charge in [0.2, 0.25) is 0 Å². The van der Waals surface area contributed by atoms with Crippen LogP contribution in [0.4, 0.5) is 0 Å². The van der Waals surface area contributed by atoms with Gasteiger partial charge < -0.3 is 14.8 Å². The number of morpholine rings is 1. The SMILES string of the molecule is O=C(O)C1COCCN1Cc1nc2ccsc2c(=O)[nH]1. The third-order valence-electron chi connectivity index (χ3n) is 3.24. The van der Waals surface area contributed by atoms with Crippen molar-refractivity contribution in [1.29, 1.82) is 0 Å². The largest absolute Gasteiger partial charge is 0.480 e. The van der Waals surface area contributed by atoms with Crippen LogP contribution in [0.1, 0.15) is 5.82 Å². The molecule has 0 aromatic carbocycles. The third kappa shape index (κ3) is 2.45. The van der Waals surface area contributed by atoms with Crippen LogP contribution in [-0.2, 0) is 16.1 Å². The number of rotatable bonds is 3. The van der Waals surface area contributed by atoms with Gasteiger partial charge in [-0.1, -0.05) is 0 Å². The zero-order chi connectivity index (χ0) is 14.1. The Kier molecular flexibility index (Phi) is 3.51. The van der Waals surface area contributed by atoms with E-state index in [1.165, 1.54) is 11.3 Å². The highest BCUT2D eigenvalue weighted by atomic mass is 32.1. The second kappa shape index (κ2) is 5.31. The molecule has 2 N–H and O–H groups in total. The number of carboxylic acids is 1. The number of hydrogen-bond donors (Lipinski definition) is 2. The summed E-state index contributed by atoms with van der Waals surface area (Å²) in [5, 5.41) is 11.0. The van der Waals surface area contributed by atoms with Crippen LogP contribution in [0.5, 0.6) is 0 Å². The maximum atomic E-state index is 11.9. The molecule has 3 heterocycles. The molecule has 7 nitrogen and oxygen atoms in total. The Hall–Kier alpha value is -1.77. The lowest BCUT2D eigenvalue weighted by Gasteiger charge is -2.32. The van der Waals surface area contributed by atoms with Crippen LogP contribution in [0.3, 0.4) is 0 Å². The Morgan fingerprint density at radius 1 is 1.65 bits per heavy atom. The molecule has 2 aromatic rings. The van der Waals surface area contributed by atoms with Gasteiger partial charge in [-0.05, 0) is 11.4 Å². The predicted molar refractivity (Wildman–Crippen MR) is 72.9 cm³/mol. The van der Waals surface area contributed by atoms with Crippen molar-refractivity contribution >= 4 is 27.5 Å². The molecule has 3 rings (SSSR count). The molecule has 1 fully saturated rings. The molecular weight excluding hydrogens is 282 g/mol. The third-order valence-corrected chi connectivity index (χ3v) is 4.14. The number of nitrogens with one attached hydrogen (secondary N) is 1. The van der Waals surface area contributed by atoms with Gasteiger partial charge in [-0.3, -0.25) is 14.5 Å². The van der Waals surface area contributed by atoms with Gasteiger partial charge in [0.05, 0.1) is 25.3 Å². The Balaban J connectivity index is 1.87. The summed E-state index contributed by atoms with van der Waals surface area (Å²) in [5.41, 5.74) is 0.467. The summed E-state index contributed by atoms with van der Waals surface area (Å²) >= 11 is 1.34. The molecule has 1 unspecified atom stereocenters. The smallest absolute Gasteiger partial charge is 0.323 e. The van der Waals surface area contributed by atoms with E-state index in [4.69, 9.17) is 9.84 Å². The highest BCUT2D eigenvalue weighted by Gasteiger charge is 2.29. The number of thiophene rings is 1. The molecule has 20 heavy (non-hydrogen) atoms. The molecule has 2 aromatic heterocycles.